The summed E-state index contributed by atoms with van der Waals surface area (Å²) >= 11 is 0. The summed E-state index contributed by atoms with van der Waals surface area (Å²) in [5, 5.41) is 7.01. The van der Waals surface area contributed by atoms with Crippen LogP contribution in [0, 0.1) is 5.92 Å². The van der Waals surface area contributed by atoms with Crippen LogP contribution in [-0.4, -0.2) is 29.9 Å². The molecule has 0 aliphatic rings. The van der Waals surface area contributed by atoms with Gasteiger partial charge in [-0.05, 0) is 18.1 Å². The van der Waals surface area contributed by atoms with Gasteiger partial charge in [-0.2, -0.15) is 5.10 Å². The van der Waals surface area contributed by atoms with E-state index < -0.39 is 9.84 Å². The van der Waals surface area contributed by atoms with Crippen LogP contribution in [0.4, 0.5) is 0 Å². The van der Waals surface area contributed by atoms with Gasteiger partial charge >= 0.3 is 0 Å². The van der Waals surface area contributed by atoms with Gasteiger partial charge in [-0.3, -0.25) is 5.10 Å². The second-order valence-corrected chi connectivity index (χ2v) is 7.02. The van der Waals surface area contributed by atoms with E-state index in [1.54, 1.807) is 24.3 Å². The fourth-order valence-corrected chi connectivity index (χ4v) is 2.44. The maximum Gasteiger partial charge on any atom is 0.181 e. The third kappa shape index (κ3) is 3.41. The van der Waals surface area contributed by atoms with Crippen molar-refractivity contribution in [2.45, 2.75) is 25.2 Å². The van der Waals surface area contributed by atoms with Crippen LogP contribution >= 0.6 is 0 Å². The first kappa shape index (κ1) is 13.7. The summed E-state index contributed by atoms with van der Waals surface area (Å²) in [4.78, 5) is 4.66. The van der Waals surface area contributed by atoms with E-state index in [0.717, 1.165) is 12.2 Å². The van der Waals surface area contributed by atoms with Crippen molar-refractivity contribution >= 4 is 9.84 Å². The fourth-order valence-electron chi connectivity index (χ4n) is 1.77. The lowest BCUT2D eigenvalue weighted by Crippen LogP contribution is -1.97. The van der Waals surface area contributed by atoms with Crippen LogP contribution in [0.15, 0.2) is 29.2 Å². The van der Waals surface area contributed by atoms with Crippen LogP contribution in [0.1, 0.15) is 19.7 Å². The molecule has 0 aliphatic carbocycles. The highest BCUT2D eigenvalue weighted by Crippen LogP contribution is 2.19. The average Bonchev–Trinajstić information content (AvgIpc) is 2.76. The van der Waals surface area contributed by atoms with E-state index in [1.807, 2.05) is 0 Å². The first-order chi connectivity index (χ1) is 8.86. The molecule has 5 nitrogen and oxygen atoms in total. The van der Waals surface area contributed by atoms with Gasteiger partial charge in [0.05, 0.1) is 4.90 Å². The lowest BCUT2D eigenvalue weighted by molar-refractivity contribution is 0.602. The van der Waals surface area contributed by atoms with E-state index in [2.05, 4.69) is 29.0 Å². The van der Waals surface area contributed by atoms with Crippen molar-refractivity contribution in [1.82, 2.24) is 15.2 Å². The number of nitrogens with one attached hydrogen (secondary N) is 1. The zero-order valence-corrected chi connectivity index (χ0v) is 12.0. The Balaban J connectivity index is 2.34. The van der Waals surface area contributed by atoms with E-state index in [-0.39, 0.29) is 4.90 Å². The molecule has 0 amide bonds. The first-order valence-corrected chi connectivity index (χ1v) is 7.97. The van der Waals surface area contributed by atoms with Crippen LogP contribution in [0.25, 0.3) is 11.4 Å². The number of hydrogen-bond acceptors (Lipinski definition) is 4. The zero-order chi connectivity index (χ0) is 14.0. The Bertz CT molecular complexity index is 675. The molecule has 0 saturated heterocycles. The molecule has 2 aromatic rings. The van der Waals surface area contributed by atoms with E-state index >= 15 is 0 Å². The number of rotatable bonds is 4. The molecule has 102 valence electrons. The minimum absolute atomic E-state index is 0.278. The molecular formula is C13H17N3O2S. The number of aromatic amines is 1. The Morgan fingerprint density at radius 2 is 2.05 bits per heavy atom. The smallest absolute Gasteiger partial charge is 0.181 e. The normalized spacial score (nSPS) is 12.0. The molecule has 1 N–H and O–H groups in total. The summed E-state index contributed by atoms with van der Waals surface area (Å²) in [6, 6.07) is 6.67. The van der Waals surface area contributed by atoms with Crippen molar-refractivity contribution in [3.05, 3.63) is 30.1 Å². The minimum Gasteiger partial charge on any atom is -0.263 e. The minimum atomic E-state index is -3.21. The maximum atomic E-state index is 11.5. The van der Waals surface area contributed by atoms with Gasteiger partial charge in [0, 0.05) is 18.2 Å². The predicted molar refractivity (Wildman–Crippen MR) is 73.5 cm³/mol. The van der Waals surface area contributed by atoms with Crippen LogP contribution in [-0.2, 0) is 16.3 Å². The van der Waals surface area contributed by atoms with Gasteiger partial charge in [0.2, 0.25) is 0 Å². The Kier molecular flexibility index (Phi) is 3.71. The molecule has 0 spiro atoms. The highest BCUT2D eigenvalue weighted by molar-refractivity contribution is 7.90. The van der Waals surface area contributed by atoms with Gasteiger partial charge in [0.25, 0.3) is 0 Å². The molecule has 1 aromatic heterocycles. The topological polar surface area (TPSA) is 75.7 Å². The second-order valence-electron chi connectivity index (χ2n) is 5.00. The molecule has 1 heterocycles. The quantitative estimate of drug-likeness (QED) is 0.929. The van der Waals surface area contributed by atoms with Crippen LogP contribution in [0.3, 0.4) is 0 Å². The van der Waals surface area contributed by atoms with Crippen LogP contribution in [0.5, 0.6) is 0 Å². The van der Waals surface area contributed by atoms with Crippen molar-refractivity contribution in [2.75, 3.05) is 6.26 Å². The monoisotopic (exact) mass is 279 g/mol. The van der Waals surface area contributed by atoms with Crippen molar-refractivity contribution in [3.63, 3.8) is 0 Å². The molecule has 19 heavy (non-hydrogen) atoms. The maximum absolute atomic E-state index is 11.5. The van der Waals surface area contributed by atoms with Gasteiger partial charge in [-0.25, -0.2) is 13.4 Å². The SMILES string of the molecule is CC(C)Cc1nc(-c2cccc(S(C)(=O)=O)c2)n[nH]1. The largest absolute Gasteiger partial charge is 0.263 e. The highest BCUT2D eigenvalue weighted by Gasteiger charge is 2.11. The molecule has 6 heteroatoms. The van der Waals surface area contributed by atoms with Crippen molar-refractivity contribution in [3.8, 4) is 11.4 Å². The third-order valence-corrected chi connectivity index (χ3v) is 3.76. The van der Waals surface area contributed by atoms with Gasteiger partial charge in [-0.1, -0.05) is 26.0 Å². The summed E-state index contributed by atoms with van der Waals surface area (Å²) in [6.45, 7) is 4.21. The summed E-state index contributed by atoms with van der Waals surface area (Å²) in [6.07, 6.45) is 2.01. The highest BCUT2D eigenvalue weighted by atomic mass is 32.2. The van der Waals surface area contributed by atoms with E-state index in [4.69, 9.17) is 0 Å². The summed E-state index contributed by atoms with van der Waals surface area (Å²) in [7, 11) is -3.21. The number of benzene rings is 1. The molecule has 1 aromatic carbocycles. The number of nitrogens with zero attached hydrogens (tertiary/aromatic N) is 2. The molecule has 0 aliphatic heterocycles. The Morgan fingerprint density at radius 1 is 1.32 bits per heavy atom. The molecule has 0 fully saturated rings. The molecule has 0 saturated carbocycles. The van der Waals surface area contributed by atoms with E-state index in [0.29, 0.717) is 17.3 Å². The number of aromatic nitrogens is 3. The first-order valence-electron chi connectivity index (χ1n) is 6.08. The Hall–Kier alpha value is -1.69. The van der Waals surface area contributed by atoms with Crippen molar-refractivity contribution in [2.24, 2.45) is 5.92 Å². The molecular weight excluding hydrogens is 262 g/mol. The zero-order valence-electron chi connectivity index (χ0n) is 11.2. The molecule has 0 atom stereocenters. The number of hydrogen-bond donors (Lipinski definition) is 1. The number of H-pyrrole nitrogens is 1. The Labute approximate surface area is 113 Å². The van der Waals surface area contributed by atoms with Crippen LogP contribution in [0.2, 0.25) is 0 Å². The van der Waals surface area contributed by atoms with E-state index in [9.17, 15) is 8.42 Å². The number of sulfone groups is 1. The fraction of sp³-hybridized carbons (Fsp3) is 0.385. The van der Waals surface area contributed by atoms with Crippen LogP contribution < -0.4 is 0 Å². The standard InChI is InChI=1S/C13H17N3O2S/c1-9(2)7-12-14-13(16-15-12)10-5-4-6-11(8-10)19(3,17)18/h4-6,8-9H,7H2,1-3H3,(H,14,15,16). The average molecular weight is 279 g/mol. The predicted octanol–water partition coefficient (Wildman–Crippen LogP) is 2.07. The van der Waals surface area contributed by atoms with Gasteiger partial charge in [0.15, 0.2) is 15.7 Å². The van der Waals surface area contributed by atoms with Gasteiger partial charge in [-0.15, -0.1) is 0 Å². The third-order valence-electron chi connectivity index (χ3n) is 2.65. The molecule has 2 rings (SSSR count). The van der Waals surface area contributed by atoms with Gasteiger partial charge < -0.3 is 0 Å². The second kappa shape index (κ2) is 5.13. The molecule has 0 unspecified atom stereocenters. The Morgan fingerprint density at radius 3 is 2.68 bits per heavy atom. The molecule has 0 radical (unpaired) electrons. The van der Waals surface area contributed by atoms with Crippen molar-refractivity contribution < 1.29 is 8.42 Å². The summed E-state index contributed by atoms with van der Waals surface area (Å²) < 4.78 is 23.0. The summed E-state index contributed by atoms with van der Waals surface area (Å²) in [5.74, 6) is 1.83. The van der Waals surface area contributed by atoms with Gasteiger partial charge in [0.1, 0.15) is 5.82 Å². The lowest BCUT2D eigenvalue weighted by atomic mass is 10.1. The van der Waals surface area contributed by atoms with E-state index in [1.165, 1.54) is 6.26 Å². The lowest BCUT2D eigenvalue weighted by Gasteiger charge is -2.00. The molecule has 0 bridgehead atoms. The summed E-state index contributed by atoms with van der Waals surface area (Å²) in [5.41, 5.74) is 0.703. The van der Waals surface area contributed by atoms with Crippen molar-refractivity contribution in [1.29, 1.82) is 0 Å².